The van der Waals surface area contributed by atoms with Gasteiger partial charge in [-0.25, -0.2) is 0 Å². The van der Waals surface area contributed by atoms with Gasteiger partial charge in [-0.2, -0.15) is 13.2 Å². The molecule has 8 heteroatoms. The molecule has 1 N–H and O–H groups in total. The Morgan fingerprint density at radius 2 is 1.55 bits per heavy atom. The maximum absolute atomic E-state index is 13.0. The first kappa shape index (κ1) is 22.8. The van der Waals surface area contributed by atoms with Crippen LogP contribution in [0.5, 0.6) is 0 Å². The second-order valence-corrected chi connectivity index (χ2v) is 6.74. The summed E-state index contributed by atoms with van der Waals surface area (Å²) in [6.07, 6.45) is -4.46. The predicted octanol–water partition coefficient (Wildman–Crippen LogP) is 4.99. The van der Waals surface area contributed by atoms with E-state index in [2.05, 4.69) is 16.0 Å². The Hall–Kier alpha value is -2.53. The first-order valence-corrected chi connectivity index (χ1v) is 8.37. The Balaban J connectivity index is 0.00000300. The molecule has 2 aromatic heterocycles. The van der Waals surface area contributed by atoms with E-state index in [4.69, 9.17) is 0 Å². The zero-order valence-corrected chi connectivity index (χ0v) is 17.7. The fourth-order valence-corrected chi connectivity index (χ4v) is 2.55. The molecule has 0 radical (unpaired) electrons. The summed E-state index contributed by atoms with van der Waals surface area (Å²) in [4.78, 5) is 20.3. The summed E-state index contributed by atoms with van der Waals surface area (Å²) in [5.74, 6) is -1.02. The quantitative estimate of drug-likeness (QED) is 0.442. The van der Waals surface area contributed by atoms with Gasteiger partial charge in [-0.05, 0) is 43.3 Å². The number of pyridine rings is 2. The number of aromatic nitrogens is 2. The largest absolute Gasteiger partial charge is 0.481 e. The third kappa shape index (κ3) is 4.91. The maximum atomic E-state index is 13.0. The van der Waals surface area contributed by atoms with Crippen molar-refractivity contribution in [3.05, 3.63) is 71.9 Å². The Labute approximate surface area is 180 Å². The first-order chi connectivity index (χ1) is 13.1. The van der Waals surface area contributed by atoms with Crippen molar-refractivity contribution in [2.75, 3.05) is 0 Å². The molecule has 154 valence electrons. The summed E-state index contributed by atoms with van der Waals surface area (Å²) in [5.41, 5.74) is -0.242. The standard InChI is InChI=1S/C21H16F3N2O2.Pt/c1-20(2,19(27)28)18-11-5-10-17(26-18)16-9-4-8-15(25-16)13-6-3-7-14(12-13)21(22,23)24;/h3-5,7-12H,1-2H3,(H,27,28);/q-1;. The van der Waals surface area contributed by atoms with E-state index in [0.717, 1.165) is 12.1 Å². The van der Waals surface area contributed by atoms with E-state index in [1.54, 1.807) is 50.2 Å². The molecule has 0 atom stereocenters. The average Bonchev–Trinajstić information content (AvgIpc) is 2.67. The number of carbonyl (C=O) groups is 1. The van der Waals surface area contributed by atoms with Crippen molar-refractivity contribution in [3.63, 3.8) is 0 Å². The van der Waals surface area contributed by atoms with Crippen LogP contribution in [0.2, 0.25) is 0 Å². The molecule has 0 saturated heterocycles. The number of aliphatic carboxylic acids is 1. The molecular formula is C21H16F3N2O2Pt-. The Morgan fingerprint density at radius 1 is 0.966 bits per heavy atom. The van der Waals surface area contributed by atoms with Gasteiger partial charge in [-0.1, -0.05) is 18.2 Å². The summed E-state index contributed by atoms with van der Waals surface area (Å²) in [6, 6.07) is 15.8. The van der Waals surface area contributed by atoms with Crippen molar-refractivity contribution in [3.8, 4) is 22.6 Å². The third-order valence-electron chi connectivity index (χ3n) is 4.34. The molecule has 0 unspecified atom stereocenters. The number of hydrogen-bond donors (Lipinski definition) is 1. The molecular weight excluding hydrogens is 564 g/mol. The number of alkyl halides is 3. The molecule has 0 bridgehead atoms. The smallest absolute Gasteiger partial charge is 0.399 e. The van der Waals surface area contributed by atoms with Gasteiger partial charge >= 0.3 is 12.1 Å². The summed E-state index contributed by atoms with van der Waals surface area (Å²) in [7, 11) is 0. The van der Waals surface area contributed by atoms with Crippen molar-refractivity contribution in [1.82, 2.24) is 9.97 Å². The van der Waals surface area contributed by atoms with Crippen molar-refractivity contribution >= 4 is 5.97 Å². The first-order valence-electron chi connectivity index (χ1n) is 8.37. The van der Waals surface area contributed by atoms with Crippen LogP contribution in [0.15, 0.2) is 54.6 Å². The molecule has 2 heterocycles. The van der Waals surface area contributed by atoms with Crippen molar-refractivity contribution in [2.24, 2.45) is 0 Å². The van der Waals surface area contributed by atoms with Crippen LogP contribution in [0.4, 0.5) is 13.2 Å². The van der Waals surface area contributed by atoms with Gasteiger partial charge in [0.2, 0.25) is 0 Å². The monoisotopic (exact) mass is 580 g/mol. The van der Waals surface area contributed by atoms with Crippen LogP contribution < -0.4 is 0 Å². The van der Waals surface area contributed by atoms with Crippen LogP contribution >= 0.6 is 0 Å². The number of benzene rings is 1. The normalized spacial score (nSPS) is 11.6. The van der Waals surface area contributed by atoms with E-state index in [9.17, 15) is 23.1 Å². The number of carboxylic acid groups (broad SMARTS) is 1. The van der Waals surface area contributed by atoms with Gasteiger partial charge in [0.25, 0.3) is 0 Å². The number of halogens is 3. The van der Waals surface area contributed by atoms with Gasteiger partial charge in [-0.15, -0.1) is 29.8 Å². The SMILES string of the molecule is CC(C)(C(=O)O)c1cccc(-c2cccc(-c3[c-]ccc(C(F)(F)F)c3)n2)n1.[Pt]. The van der Waals surface area contributed by atoms with E-state index in [0.29, 0.717) is 22.8 Å². The zero-order chi connectivity index (χ0) is 20.5. The molecule has 0 aliphatic heterocycles. The Kier molecular flexibility index (Phi) is 6.63. The summed E-state index contributed by atoms with van der Waals surface area (Å²) in [5, 5.41) is 9.39. The van der Waals surface area contributed by atoms with Crippen molar-refractivity contribution < 1.29 is 44.1 Å². The van der Waals surface area contributed by atoms with Gasteiger partial charge in [-0.3, -0.25) is 14.8 Å². The third-order valence-corrected chi connectivity index (χ3v) is 4.34. The molecule has 3 rings (SSSR count). The minimum Gasteiger partial charge on any atom is -0.481 e. The second-order valence-electron chi connectivity index (χ2n) is 6.74. The molecule has 0 fully saturated rings. The van der Waals surface area contributed by atoms with Gasteiger partial charge < -0.3 is 5.11 Å². The van der Waals surface area contributed by atoms with Gasteiger partial charge in [0.15, 0.2) is 0 Å². The van der Waals surface area contributed by atoms with E-state index in [-0.39, 0.29) is 26.6 Å². The molecule has 0 aliphatic carbocycles. The van der Waals surface area contributed by atoms with Crippen molar-refractivity contribution in [2.45, 2.75) is 25.4 Å². The molecule has 4 nitrogen and oxygen atoms in total. The van der Waals surface area contributed by atoms with Crippen LogP contribution in [0.25, 0.3) is 22.6 Å². The summed E-state index contributed by atoms with van der Waals surface area (Å²) < 4.78 is 38.9. The Bertz CT molecular complexity index is 1040. The number of nitrogens with zero attached hydrogens (tertiary/aromatic N) is 2. The van der Waals surface area contributed by atoms with E-state index in [1.165, 1.54) is 6.07 Å². The summed E-state index contributed by atoms with van der Waals surface area (Å²) >= 11 is 0. The maximum Gasteiger partial charge on any atom is 0.399 e. The van der Waals surface area contributed by atoms with Crippen molar-refractivity contribution in [1.29, 1.82) is 0 Å². The minimum atomic E-state index is -4.46. The van der Waals surface area contributed by atoms with E-state index in [1.807, 2.05) is 0 Å². The van der Waals surface area contributed by atoms with Crippen LogP contribution in [0, 0.1) is 6.07 Å². The fourth-order valence-electron chi connectivity index (χ4n) is 2.55. The topological polar surface area (TPSA) is 63.1 Å². The second kappa shape index (κ2) is 8.45. The number of hydrogen-bond acceptors (Lipinski definition) is 3. The fraction of sp³-hybridized carbons (Fsp3) is 0.190. The number of rotatable bonds is 4. The molecule has 0 amide bonds. The van der Waals surface area contributed by atoms with Crippen LogP contribution in [0.1, 0.15) is 25.1 Å². The van der Waals surface area contributed by atoms with Crippen LogP contribution in [-0.4, -0.2) is 21.0 Å². The molecule has 1 aromatic carbocycles. The van der Waals surface area contributed by atoms with Crippen LogP contribution in [-0.2, 0) is 37.5 Å². The van der Waals surface area contributed by atoms with Gasteiger partial charge in [0.1, 0.15) is 5.41 Å². The molecule has 0 spiro atoms. The summed E-state index contributed by atoms with van der Waals surface area (Å²) in [6.45, 7) is 3.09. The minimum absolute atomic E-state index is 0. The number of carboxylic acids is 1. The van der Waals surface area contributed by atoms with Gasteiger partial charge in [0.05, 0.1) is 17.1 Å². The Morgan fingerprint density at radius 3 is 2.17 bits per heavy atom. The van der Waals surface area contributed by atoms with E-state index < -0.39 is 23.1 Å². The zero-order valence-electron chi connectivity index (χ0n) is 15.4. The predicted molar refractivity (Wildman–Crippen MR) is 97.4 cm³/mol. The molecule has 3 aromatic rings. The van der Waals surface area contributed by atoms with Gasteiger partial charge in [0, 0.05) is 21.1 Å². The van der Waals surface area contributed by atoms with E-state index >= 15 is 0 Å². The van der Waals surface area contributed by atoms with Crippen LogP contribution in [0.3, 0.4) is 0 Å². The molecule has 0 saturated carbocycles. The molecule has 0 aliphatic rings. The molecule has 29 heavy (non-hydrogen) atoms. The average molecular weight is 580 g/mol.